The summed E-state index contributed by atoms with van der Waals surface area (Å²) in [5.74, 6) is -1.05. The van der Waals surface area contributed by atoms with E-state index in [1.807, 2.05) is 0 Å². The number of hydrogen-bond donors (Lipinski definition) is 3. The Kier molecular flexibility index (Phi) is 6.83. The highest BCUT2D eigenvalue weighted by Gasteiger charge is 2.39. The molecule has 0 spiro atoms. The van der Waals surface area contributed by atoms with Gasteiger partial charge in [-0.25, -0.2) is 4.98 Å². The Balaban J connectivity index is 2.11. The Morgan fingerprint density at radius 2 is 2.10 bits per heavy atom. The lowest BCUT2D eigenvalue weighted by molar-refractivity contribution is -0.154. The van der Waals surface area contributed by atoms with Gasteiger partial charge in [-0.2, -0.15) is 13.2 Å². The van der Waals surface area contributed by atoms with Crippen LogP contribution in [-0.2, 0) is 9.59 Å². The number of aliphatic imine (C=N–C) groups is 1. The van der Waals surface area contributed by atoms with Gasteiger partial charge in [-0.15, -0.1) is 0 Å². The second-order valence-electron chi connectivity index (χ2n) is 6.44. The molecule has 158 valence electrons. The molecule has 0 saturated heterocycles. The van der Waals surface area contributed by atoms with E-state index >= 15 is 0 Å². The van der Waals surface area contributed by atoms with Crippen molar-refractivity contribution in [3.63, 3.8) is 0 Å². The molecule has 2 rings (SSSR count). The average Bonchev–Trinajstić information content (AvgIpc) is 2.66. The van der Waals surface area contributed by atoms with Crippen LogP contribution < -0.4 is 20.7 Å². The van der Waals surface area contributed by atoms with Crippen LogP contribution in [0.1, 0.15) is 37.4 Å². The minimum Gasteiger partial charge on any atom is -0.468 e. The Morgan fingerprint density at radius 1 is 1.38 bits per heavy atom. The van der Waals surface area contributed by atoms with Crippen LogP contribution in [0.15, 0.2) is 29.7 Å². The van der Waals surface area contributed by atoms with Gasteiger partial charge < -0.3 is 20.7 Å². The van der Waals surface area contributed by atoms with E-state index in [2.05, 4.69) is 30.7 Å². The summed E-state index contributed by atoms with van der Waals surface area (Å²) >= 11 is 0. The molecule has 1 aliphatic heterocycles. The van der Waals surface area contributed by atoms with E-state index in [4.69, 9.17) is 0 Å². The minimum atomic E-state index is -4.46. The van der Waals surface area contributed by atoms with Crippen molar-refractivity contribution in [1.82, 2.24) is 20.9 Å². The number of nitrogens with zero attached hydrogens (tertiary/aromatic N) is 2. The highest BCUT2D eigenvalue weighted by Crippen LogP contribution is 2.23. The summed E-state index contributed by atoms with van der Waals surface area (Å²) in [6.07, 6.45) is 1.17. The molecule has 2 atom stereocenters. The van der Waals surface area contributed by atoms with Crippen molar-refractivity contribution < 1.29 is 27.5 Å². The van der Waals surface area contributed by atoms with Gasteiger partial charge in [0, 0.05) is 30.6 Å². The lowest BCUT2D eigenvalue weighted by Crippen LogP contribution is -2.67. The zero-order valence-electron chi connectivity index (χ0n) is 16.1. The number of aryl methyl sites for hydroxylation is 1. The van der Waals surface area contributed by atoms with E-state index in [-0.39, 0.29) is 18.2 Å². The van der Waals surface area contributed by atoms with Crippen LogP contribution in [0.5, 0.6) is 5.88 Å². The van der Waals surface area contributed by atoms with E-state index in [9.17, 15) is 22.8 Å². The molecule has 0 bridgehead atoms. The van der Waals surface area contributed by atoms with Crippen LogP contribution >= 0.6 is 0 Å². The Morgan fingerprint density at radius 3 is 2.66 bits per heavy atom. The number of ether oxygens (including phenoxy) is 1. The first-order chi connectivity index (χ1) is 13.6. The van der Waals surface area contributed by atoms with Crippen molar-refractivity contribution >= 4 is 18.0 Å². The largest absolute Gasteiger partial charge is 0.468 e. The van der Waals surface area contributed by atoms with E-state index < -0.39 is 30.4 Å². The molecule has 1 aromatic heterocycles. The third kappa shape index (κ3) is 5.93. The number of nitrogens with one attached hydrogen (secondary N) is 3. The predicted octanol–water partition coefficient (Wildman–Crippen LogP) is 1.88. The molecule has 0 aliphatic carbocycles. The fourth-order valence-electron chi connectivity index (χ4n) is 2.48. The van der Waals surface area contributed by atoms with Gasteiger partial charge in [0.25, 0.3) is 5.91 Å². The van der Waals surface area contributed by atoms with E-state index in [0.717, 1.165) is 0 Å². The maximum Gasteiger partial charge on any atom is 0.422 e. The number of halogens is 3. The number of amides is 2. The molecular weight excluding hydrogens is 391 g/mol. The smallest absolute Gasteiger partial charge is 0.422 e. The summed E-state index contributed by atoms with van der Waals surface area (Å²) in [6, 6.07) is 1.02. The number of carbonyl (C=O) groups is 2. The lowest BCUT2D eigenvalue weighted by Gasteiger charge is -2.32. The third-order valence-electron chi connectivity index (χ3n) is 4.03. The molecule has 0 saturated carbocycles. The topological polar surface area (TPSA) is 105 Å². The number of aromatic nitrogens is 1. The number of rotatable bonds is 7. The molecule has 2 unspecified atom stereocenters. The second-order valence-corrected chi connectivity index (χ2v) is 6.44. The van der Waals surface area contributed by atoms with Gasteiger partial charge in [0.2, 0.25) is 17.5 Å². The fraction of sp³-hybridized carbons (Fsp3) is 0.444. The molecule has 3 N–H and O–H groups in total. The Labute approximate surface area is 165 Å². The maximum absolute atomic E-state index is 12.8. The predicted molar refractivity (Wildman–Crippen MR) is 99.0 cm³/mol. The zero-order chi connectivity index (χ0) is 21.7. The van der Waals surface area contributed by atoms with Crippen LogP contribution in [0.3, 0.4) is 0 Å². The fourth-order valence-corrected chi connectivity index (χ4v) is 2.48. The molecule has 0 radical (unpaired) electrons. The normalized spacial score (nSPS) is 19.2. The first kappa shape index (κ1) is 22.2. The maximum atomic E-state index is 12.8. The van der Waals surface area contributed by atoms with Gasteiger partial charge in [0.05, 0.1) is 12.3 Å². The van der Waals surface area contributed by atoms with Crippen LogP contribution in [-0.4, -0.2) is 41.5 Å². The van der Waals surface area contributed by atoms with Crippen molar-refractivity contribution in [2.75, 3.05) is 6.61 Å². The van der Waals surface area contributed by atoms with Crippen molar-refractivity contribution in [2.45, 2.75) is 45.1 Å². The molecule has 1 aromatic rings. The van der Waals surface area contributed by atoms with Crippen LogP contribution in [0, 0.1) is 6.92 Å². The highest BCUT2D eigenvalue weighted by molar-refractivity contribution is 6.06. The van der Waals surface area contributed by atoms with Crippen molar-refractivity contribution in [3.05, 3.63) is 35.8 Å². The molecule has 29 heavy (non-hydrogen) atoms. The molecule has 11 heteroatoms. The van der Waals surface area contributed by atoms with Crippen molar-refractivity contribution in [3.8, 4) is 5.88 Å². The van der Waals surface area contributed by atoms with E-state index in [0.29, 0.717) is 11.1 Å². The van der Waals surface area contributed by atoms with Gasteiger partial charge in [0.1, 0.15) is 0 Å². The Bertz CT molecular complexity index is 825. The monoisotopic (exact) mass is 413 g/mol. The van der Waals surface area contributed by atoms with Gasteiger partial charge >= 0.3 is 6.18 Å². The Hall–Kier alpha value is -3.11. The van der Waals surface area contributed by atoms with E-state index in [1.165, 1.54) is 24.8 Å². The van der Waals surface area contributed by atoms with E-state index in [1.54, 1.807) is 26.8 Å². The third-order valence-corrected chi connectivity index (χ3v) is 4.03. The van der Waals surface area contributed by atoms with Crippen molar-refractivity contribution in [1.29, 1.82) is 0 Å². The summed E-state index contributed by atoms with van der Waals surface area (Å²) in [6.45, 7) is 3.44. The quantitative estimate of drug-likeness (QED) is 0.633. The summed E-state index contributed by atoms with van der Waals surface area (Å²) in [5.41, 5.74) is -0.605. The van der Waals surface area contributed by atoms with Gasteiger partial charge in [-0.3, -0.25) is 14.6 Å². The lowest BCUT2D eigenvalue weighted by atomic mass is 10.1. The molecule has 2 amide bonds. The van der Waals surface area contributed by atoms with Crippen LogP contribution in [0.25, 0.3) is 0 Å². The summed E-state index contributed by atoms with van der Waals surface area (Å²) in [7, 11) is 0. The highest BCUT2D eigenvalue weighted by atomic mass is 19.4. The number of alkyl halides is 3. The SMILES string of the molecule is CCC(=O)NC1(C(=O)NC(C)c2cnc(OCC(F)(F)F)c(C)c2)C=NC=CN1. The molecule has 0 aromatic carbocycles. The van der Waals surface area contributed by atoms with Crippen molar-refractivity contribution in [2.24, 2.45) is 4.99 Å². The zero-order valence-corrected chi connectivity index (χ0v) is 16.1. The standard InChI is InChI=1S/C18H22F3N5O3/c1-4-14(27)26-17(9-22-5-6-24-17)16(28)25-12(3)13-7-11(2)15(23-8-13)29-10-18(19,20)21/h5-9,12,24H,4,10H2,1-3H3,(H,25,28)(H,26,27). The molecular formula is C18H22F3N5O3. The average molecular weight is 413 g/mol. The number of hydrogen-bond acceptors (Lipinski definition) is 6. The van der Waals surface area contributed by atoms with Crippen LogP contribution in [0.2, 0.25) is 0 Å². The van der Waals surface area contributed by atoms with Gasteiger partial charge in [0.15, 0.2) is 6.61 Å². The number of carbonyl (C=O) groups excluding carboxylic acids is 2. The summed E-state index contributed by atoms with van der Waals surface area (Å²) in [5, 5.41) is 8.11. The van der Waals surface area contributed by atoms with Gasteiger partial charge in [-0.05, 0) is 25.5 Å². The summed E-state index contributed by atoms with van der Waals surface area (Å²) < 4.78 is 41.6. The first-order valence-corrected chi connectivity index (χ1v) is 8.81. The first-order valence-electron chi connectivity index (χ1n) is 8.81. The second kappa shape index (κ2) is 8.93. The molecule has 8 nitrogen and oxygen atoms in total. The van der Waals surface area contributed by atoms with Crippen LogP contribution in [0.4, 0.5) is 13.2 Å². The molecule has 1 aliphatic rings. The molecule has 2 heterocycles. The number of pyridine rings is 1. The van der Waals surface area contributed by atoms with Gasteiger partial charge in [-0.1, -0.05) is 6.92 Å². The minimum absolute atomic E-state index is 0.137. The summed E-state index contributed by atoms with van der Waals surface area (Å²) in [4.78, 5) is 32.5. The molecule has 0 fully saturated rings.